The number of ether oxygens (including phenoxy) is 1. The van der Waals surface area contributed by atoms with Crippen molar-refractivity contribution in [2.24, 2.45) is 0 Å². The van der Waals surface area contributed by atoms with Crippen molar-refractivity contribution in [1.82, 2.24) is 4.90 Å². The topological polar surface area (TPSA) is 46.6 Å². The number of hydrogen-bond acceptors (Lipinski definition) is 3. The van der Waals surface area contributed by atoms with Crippen molar-refractivity contribution in [2.45, 2.75) is 38.2 Å². The number of Topliss-reactive ketones (excluding diaryl/α,β-unsaturated/α-hetero) is 1. The van der Waals surface area contributed by atoms with E-state index >= 15 is 0 Å². The van der Waals surface area contributed by atoms with E-state index in [9.17, 15) is 9.59 Å². The molecule has 2 heterocycles. The number of hydrogen-bond donors (Lipinski definition) is 0. The molecule has 1 unspecified atom stereocenters. The largest absolute Gasteiger partial charge is 0.484 e. The normalized spacial score (nSPS) is 21.6. The molecule has 1 spiro atoms. The number of aryl methyl sites for hydroxylation is 2. The second-order valence-electron chi connectivity index (χ2n) is 7.37. The molecular formula is C22H23NO3. The van der Waals surface area contributed by atoms with Crippen molar-refractivity contribution in [1.29, 1.82) is 0 Å². The fraction of sp³-hybridized carbons (Fsp3) is 0.364. The van der Waals surface area contributed by atoms with Gasteiger partial charge < -0.3 is 9.64 Å². The second kappa shape index (κ2) is 6.60. The number of nitrogens with zero attached hydrogens (tertiary/aromatic N) is 1. The van der Waals surface area contributed by atoms with Crippen LogP contribution >= 0.6 is 0 Å². The number of rotatable bonds is 3. The van der Waals surface area contributed by atoms with Gasteiger partial charge in [0.25, 0.3) is 0 Å². The van der Waals surface area contributed by atoms with Crippen LogP contribution < -0.4 is 4.74 Å². The minimum atomic E-state index is -0.552. The van der Waals surface area contributed by atoms with Gasteiger partial charge in [0.05, 0.1) is 18.5 Å². The lowest BCUT2D eigenvalue weighted by atomic mass is 9.89. The standard InChI is InChI=1S/C22H23NO3/c1-16-6-2-3-7-17(16)10-11-21(25)23-13-12-22(15-23)14-19(24)18-8-4-5-9-20(18)26-22/h2-9H,10-15H2,1H3. The molecule has 134 valence electrons. The Morgan fingerprint density at radius 2 is 1.92 bits per heavy atom. The molecule has 2 aliphatic heterocycles. The minimum Gasteiger partial charge on any atom is -0.484 e. The van der Waals surface area contributed by atoms with E-state index in [-0.39, 0.29) is 11.7 Å². The maximum Gasteiger partial charge on any atom is 0.223 e. The van der Waals surface area contributed by atoms with Crippen molar-refractivity contribution >= 4 is 11.7 Å². The van der Waals surface area contributed by atoms with Crippen LogP contribution in [-0.4, -0.2) is 35.3 Å². The van der Waals surface area contributed by atoms with E-state index in [0.29, 0.717) is 43.7 Å². The smallest absolute Gasteiger partial charge is 0.223 e. The summed E-state index contributed by atoms with van der Waals surface area (Å²) in [7, 11) is 0. The highest BCUT2D eigenvalue weighted by molar-refractivity contribution is 6.00. The Balaban J connectivity index is 1.41. The third-order valence-corrected chi connectivity index (χ3v) is 5.54. The van der Waals surface area contributed by atoms with Crippen molar-refractivity contribution in [3.05, 3.63) is 65.2 Å². The van der Waals surface area contributed by atoms with Crippen LogP contribution in [0.2, 0.25) is 0 Å². The number of likely N-dealkylation sites (tertiary alicyclic amines) is 1. The monoisotopic (exact) mass is 349 g/mol. The molecule has 1 amide bonds. The highest BCUT2D eigenvalue weighted by Gasteiger charge is 2.46. The summed E-state index contributed by atoms with van der Waals surface area (Å²) in [6.45, 7) is 3.23. The lowest BCUT2D eigenvalue weighted by molar-refractivity contribution is -0.130. The lowest BCUT2D eigenvalue weighted by Crippen LogP contribution is -2.45. The van der Waals surface area contributed by atoms with Gasteiger partial charge in [0.1, 0.15) is 11.4 Å². The number of benzene rings is 2. The number of fused-ring (bicyclic) bond motifs is 1. The quantitative estimate of drug-likeness (QED) is 0.851. The van der Waals surface area contributed by atoms with Crippen LogP contribution in [-0.2, 0) is 11.2 Å². The predicted molar refractivity (Wildman–Crippen MR) is 99.4 cm³/mol. The summed E-state index contributed by atoms with van der Waals surface area (Å²) in [4.78, 5) is 27.0. The molecule has 4 heteroatoms. The number of ketones is 1. The van der Waals surface area contributed by atoms with Gasteiger partial charge in [0.2, 0.25) is 5.91 Å². The highest BCUT2D eigenvalue weighted by Crippen LogP contribution is 2.38. The average Bonchev–Trinajstić information content (AvgIpc) is 3.04. The van der Waals surface area contributed by atoms with Gasteiger partial charge >= 0.3 is 0 Å². The number of carbonyl (C=O) groups is 2. The molecule has 2 aliphatic rings. The molecule has 1 saturated heterocycles. The first-order valence-electron chi connectivity index (χ1n) is 9.20. The molecule has 0 aliphatic carbocycles. The maximum absolute atomic E-state index is 12.7. The summed E-state index contributed by atoms with van der Waals surface area (Å²) in [5, 5.41) is 0. The third-order valence-electron chi connectivity index (χ3n) is 5.54. The fourth-order valence-electron chi connectivity index (χ4n) is 4.02. The van der Waals surface area contributed by atoms with Gasteiger partial charge in [-0.15, -0.1) is 0 Å². The van der Waals surface area contributed by atoms with Gasteiger partial charge in [-0.25, -0.2) is 0 Å². The summed E-state index contributed by atoms with van der Waals surface area (Å²) in [5.74, 6) is 0.902. The van der Waals surface area contributed by atoms with Crippen LogP contribution in [0.4, 0.5) is 0 Å². The van der Waals surface area contributed by atoms with E-state index in [1.165, 1.54) is 11.1 Å². The number of para-hydroxylation sites is 1. The third kappa shape index (κ3) is 3.12. The molecule has 0 aromatic heterocycles. The Kier molecular flexibility index (Phi) is 4.27. The molecule has 4 nitrogen and oxygen atoms in total. The van der Waals surface area contributed by atoms with Gasteiger partial charge in [-0.1, -0.05) is 36.4 Å². The Morgan fingerprint density at radius 3 is 2.77 bits per heavy atom. The molecule has 0 radical (unpaired) electrons. The maximum atomic E-state index is 12.7. The second-order valence-corrected chi connectivity index (χ2v) is 7.37. The van der Waals surface area contributed by atoms with E-state index < -0.39 is 5.60 Å². The Hall–Kier alpha value is -2.62. The van der Waals surface area contributed by atoms with Crippen molar-refractivity contribution in [3.63, 3.8) is 0 Å². The van der Waals surface area contributed by atoms with E-state index in [1.807, 2.05) is 41.3 Å². The molecule has 2 aromatic rings. The van der Waals surface area contributed by atoms with Crippen molar-refractivity contribution in [2.75, 3.05) is 13.1 Å². The van der Waals surface area contributed by atoms with Crippen LogP contribution in [0.3, 0.4) is 0 Å². The fourth-order valence-corrected chi connectivity index (χ4v) is 4.02. The molecule has 0 saturated carbocycles. The lowest BCUT2D eigenvalue weighted by Gasteiger charge is -2.34. The summed E-state index contributed by atoms with van der Waals surface area (Å²) in [6, 6.07) is 15.6. The van der Waals surface area contributed by atoms with Gasteiger partial charge in [0.15, 0.2) is 5.78 Å². The van der Waals surface area contributed by atoms with Crippen LogP contribution in [0, 0.1) is 6.92 Å². The summed E-state index contributed by atoms with van der Waals surface area (Å²) >= 11 is 0. The van der Waals surface area contributed by atoms with Crippen molar-refractivity contribution < 1.29 is 14.3 Å². The average molecular weight is 349 g/mol. The molecule has 1 fully saturated rings. The van der Waals surface area contributed by atoms with Gasteiger partial charge in [-0.2, -0.15) is 0 Å². The molecule has 4 rings (SSSR count). The van der Waals surface area contributed by atoms with Crippen molar-refractivity contribution in [3.8, 4) is 5.75 Å². The minimum absolute atomic E-state index is 0.112. The van der Waals surface area contributed by atoms with Crippen LogP contribution in [0.5, 0.6) is 5.75 Å². The first-order chi connectivity index (χ1) is 12.6. The zero-order valence-corrected chi connectivity index (χ0v) is 15.0. The van der Waals surface area contributed by atoms with E-state index in [2.05, 4.69) is 19.1 Å². The summed E-state index contributed by atoms with van der Waals surface area (Å²) in [6.07, 6.45) is 2.30. The summed E-state index contributed by atoms with van der Waals surface area (Å²) in [5.41, 5.74) is 2.54. The van der Waals surface area contributed by atoms with Gasteiger partial charge in [-0.05, 0) is 36.6 Å². The molecule has 0 bridgehead atoms. The Morgan fingerprint density at radius 1 is 1.15 bits per heavy atom. The van der Waals surface area contributed by atoms with Crippen LogP contribution in [0.25, 0.3) is 0 Å². The summed E-state index contributed by atoms with van der Waals surface area (Å²) < 4.78 is 6.20. The zero-order chi connectivity index (χ0) is 18.1. The Bertz CT molecular complexity index is 860. The van der Waals surface area contributed by atoms with E-state index in [4.69, 9.17) is 4.74 Å². The van der Waals surface area contributed by atoms with E-state index in [1.54, 1.807) is 0 Å². The molecule has 26 heavy (non-hydrogen) atoms. The van der Waals surface area contributed by atoms with E-state index in [0.717, 1.165) is 6.42 Å². The zero-order valence-electron chi connectivity index (χ0n) is 15.0. The molecule has 1 atom stereocenters. The molecule has 0 N–H and O–H groups in total. The van der Waals surface area contributed by atoms with Crippen LogP contribution in [0.15, 0.2) is 48.5 Å². The van der Waals surface area contributed by atoms with Gasteiger partial charge in [-0.3, -0.25) is 9.59 Å². The molecule has 2 aromatic carbocycles. The first-order valence-corrected chi connectivity index (χ1v) is 9.20. The highest BCUT2D eigenvalue weighted by atomic mass is 16.5. The van der Waals surface area contributed by atoms with Crippen LogP contribution in [0.1, 0.15) is 40.7 Å². The number of carbonyl (C=O) groups excluding carboxylic acids is 2. The first kappa shape index (κ1) is 16.8. The SMILES string of the molecule is Cc1ccccc1CCC(=O)N1CCC2(CC(=O)c3ccccc3O2)C1. The van der Waals surface area contributed by atoms with Gasteiger partial charge in [0, 0.05) is 19.4 Å². The number of amides is 1. The predicted octanol–water partition coefficient (Wildman–Crippen LogP) is 3.56. The Labute approximate surface area is 153 Å². The molecular weight excluding hydrogens is 326 g/mol.